The molecule has 0 atom stereocenters. The summed E-state index contributed by atoms with van der Waals surface area (Å²) >= 11 is 1.42. The molecule has 0 bridgehead atoms. The maximum absolute atomic E-state index is 13.4. The van der Waals surface area contributed by atoms with Crippen LogP contribution in [0.25, 0.3) is 21.3 Å². The first-order valence-corrected chi connectivity index (χ1v) is 11.9. The van der Waals surface area contributed by atoms with E-state index in [0.717, 1.165) is 22.3 Å². The van der Waals surface area contributed by atoms with Gasteiger partial charge in [-0.3, -0.25) is 19.0 Å². The van der Waals surface area contributed by atoms with Gasteiger partial charge in [0.15, 0.2) is 12.4 Å². The van der Waals surface area contributed by atoms with Crippen molar-refractivity contribution in [1.29, 1.82) is 0 Å². The largest absolute Gasteiger partial charge is 0.482 e. The van der Waals surface area contributed by atoms with Gasteiger partial charge in [-0.25, -0.2) is 4.98 Å². The molecule has 0 fully saturated rings. The van der Waals surface area contributed by atoms with Crippen molar-refractivity contribution in [3.05, 3.63) is 75.1 Å². The molecule has 7 nitrogen and oxygen atoms in total. The molecule has 0 saturated heterocycles. The maximum atomic E-state index is 13.4. The zero-order chi connectivity index (χ0) is 24.0. The third kappa shape index (κ3) is 3.70. The number of aromatic nitrogens is 2. The monoisotopic (exact) mass is 473 g/mol. The number of thiophene rings is 1. The van der Waals surface area contributed by atoms with Crippen molar-refractivity contribution in [3.63, 3.8) is 0 Å². The predicted molar refractivity (Wildman–Crippen MR) is 133 cm³/mol. The Kier molecular flexibility index (Phi) is 5.53. The maximum Gasteiger partial charge on any atom is 0.265 e. The van der Waals surface area contributed by atoms with Gasteiger partial charge in [0.25, 0.3) is 11.5 Å². The molecule has 0 radical (unpaired) electrons. The van der Waals surface area contributed by atoms with Gasteiger partial charge in [0.2, 0.25) is 0 Å². The van der Waals surface area contributed by atoms with Crippen LogP contribution in [0.4, 0.5) is 5.69 Å². The van der Waals surface area contributed by atoms with Crippen molar-refractivity contribution >= 4 is 38.9 Å². The van der Waals surface area contributed by atoms with E-state index in [1.54, 1.807) is 23.1 Å². The van der Waals surface area contributed by atoms with Gasteiger partial charge in [0.1, 0.15) is 10.6 Å². The summed E-state index contributed by atoms with van der Waals surface area (Å²) in [6.07, 6.45) is 1.42. The molecule has 1 aliphatic rings. The van der Waals surface area contributed by atoms with E-state index in [1.807, 2.05) is 38.3 Å². The number of likely N-dealkylation sites (N-methyl/N-ethyl adjacent to an activating group) is 1. The van der Waals surface area contributed by atoms with Gasteiger partial charge >= 0.3 is 0 Å². The number of hydrogen-bond acceptors (Lipinski definition) is 6. The molecule has 2 aromatic carbocycles. The first-order chi connectivity index (χ1) is 16.4. The van der Waals surface area contributed by atoms with Crippen LogP contribution in [0.3, 0.4) is 0 Å². The van der Waals surface area contributed by atoms with Gasteiger partial charge in [-0.15, -0.1) is 11.3 Å². The Bertz CT molecular complexity index is 1520. The topological polar surface area (TPSA) is 81.5 Å². The Morgan fingerprint density at radius 1 is 1.12 bits per heavy atom. The molecule has 1 amide bonds. The summed E-state index contributed by atoms with van der Waals surface area (Å²) in [5.41, 5.74) is 4.78. The van der Waals surface area contributed by atoms with Gasteiger partial charge in [-0.2, -0.15) is 0 Å². The molecule has 0 unspecified atom stereocenters. The summed E-state index contributed by atoms with van der Waals surface area (Å²) in [4.78, 5) is 45.4. The molecule has 0 saturated carbocycles. The minimum atomic E-state index is -0.249. The predicted octanol–water partition coefficient (Wildman–Crippen LogP) is 4.37. The first-order valence-electron chi connectivity index (χ1n) is 11.0. The molecule has 5 rings (SSSR count). The van der Waals surface area contributed by atoms with Crippen LogP contribution >= 0.6 is 11.3 Å². The van der Waals surface area contributed by atoms with Crippen molar-refractivity contribution in [2.45, 2.75) is 27.3 Å². The normalized spacial score (nSPS) is 13.1. The smallest absolute Gasteiger partial charge is 0.265 e. The number of rotatable bonds is 5. The Hall–Kier alpha value is -3.78. The Morgan fingerprint density at radius 2 is 1.94 bits per heavy atom. The lowest BCUT2D eigenvalue weighted by Gasteiger charge is -2.28. The molecule has 0 spiro atoms. The number of ether oxygens (including phenoxy) is 1. The highest BCUT2D eigenvalue weighted by Crippen LogP contribution is 2.34. The standard InChI is InChI=1S/C26H23N3O4S/c1-4-29-20-10-17(6-8-22(20)33-12-23(29)31)21(30)11-28-14-27-25-24(26(28)32)19(13-34-25)18-7-5-15(2)9-16(18)3/h5-10,13-14H,4,11-12H2,1-3H3. The van der Waals surface area contributed by atoms with Crippen molar-refractivity contribution in [2.24, 2.45) is 0 Å². The number of fused-ring (bicyclic) bond motifs is 2. The van der Waals surface area contributed by atoms with E-state index in [9.17, 15) is 14.4 Å². The quantitative estimate of drug-likeness (QED) is 0.402. The number of benzene rings is 2. The third-order valence-electron chi connectivity index (χ3n) is 6.09. The number of ketones is 1. The Balaban J connectivity index is 1.51. The second kappa shape index (κ2) is 8.53. The highest BCUT2D eigenvalue weighted by molar-refractivity contribution is 7.17. The molecular weight excluding hydrogens is 450 g/mol. The van der Waals surface area contributed by atoms with Crippen molar-refractivity contribution in [2.75, 3.05) is 18.1 Å². The molecule has 2 aromatic heterocycles. The zero-order valence-electron chi connectivity index (χ0n) is 19.1. The number of Topliss-reactive ketones (excluding diaryl/α,β-unsaturated/α-hetero) is 1. The lowest BCUT2D eigenvalue weighted by Crippen LogP contribution is -2.38. The van der Waals surface area contributed by atoms with Crippen LogP contribution < -0.4 is 15.2 Å². The average Bonchev–Trinajstić information content (AvgIpc) is 3.25. The van der Waals surface area contributed by atoms with Crippen LogP contribution in [0.15, 0.2) is 52.9 Å². The number of nitrogens with zero attached hydrogens (tertiary/aromatic N) is 3. The van der Waals surface area contributed by atoms with E-state index in [0.29, 0.717) is 33.8 Å². The molecule has 0 aliphatic carbocycles. The van der Waals surface area contributed by atoms with Gasteiger partial charge < -0.3 is 9.64 Å². The molecule has 4 aromatic rings. The molecule has 0 N–H and O–H groups in total. The number of carbonyl (C=O) groups excluding carboxylic acids is 2. The number of anilines is 1. The molecule has 8 heteroatoms. The van der Waals surface area contributed by atoms with E-state index in [2.05, 4.69) is 11.1 Å². The lowest BCUT2D eigenvalue weighted by molar-refractivity contribution is -0.121. The van der Waals surface area contributed by atoms with Crippen LogP contribution in [0.2, 0.25) is 0 Å². The second-order valence-corrected chi connectivity index (χ2v) is 9.22. The number of carbonyl (C=O) groups is 2. The average molecular weight is 474 g/mol. The molecule has 3 heterocycles. The van der Waals surface area contributed by atoms with Crippen molar-refractivity contribution < 1.29 is 14.3 Å². The second-order valence-electron chi connectivity index (χ2n) is 8.36. The van der Waals surface area contributed by atoms with E-state index in [1.165, 1.54) is 22.2 Å². The van der Waals surface area contributed by atoms with E-state index in [4.69, 9.17) is 4.74 Å². The van der Waals surface area contributed by atoms with Crippen LogP contribution in [0, 0.1) is 13.8 Å². The Labute approximate surface area is 200 Å². The highest BCUT2D eigenvalue weighted by Gasteiger charge is 2.25. The van der Waals surface area contributed by atoms with E-state index in [-0.39, 0.29) is 30.4 Å². The van der Waals surface area contributed by atoms with Gasteiger partial charge in [0.05, 0.1) is 23.9 Å². The summed E-state index contributed by atoms with van der Waals surface area (Å²) in [7, 11) is 0. The summed E-state index contributed by atoms with van der Waals surface area (Å²) in [5.74, 6) is 0.167. The van der Waals surface area contributed by atoms with E-state index >= 15 is 0 Å². The van der Waals surface area contributed by atoms with E-state index < -0.39 is 0 Å². The highest BCUT2D eigenvalue weighted by atomic mass is 32.1. The fourth-order valence-corrected chi connectivity index (χ4v) is 5.26. The SMILES string of the molecule is CCN1C(=O)COc2ccc(C(=O)Cn3cnc4scc(-c5ccc(C)cc5C)c4c3=O)cc21. The fourth-order valence-electron chi connectivity index (χ4n) is 4.36. The molecule has 34 heavy (non-hydrogen) atoms. The number of hydrogen-bond donors (Lipinski definition) is 0. The summed E-state index contributed by atoms with van der Waals surface area (Å²) in [6, 6.07) is 11.1. The van der Waals surface area contributed by atoms with Crippen molar-refractivity contribution in [1.82, 2.24) is 9.55 Å². The fraction of sp³-hybridized carbons (Fsp3) is 0.231. The number of aryl methyl sites for hydroxylation is 2. The number of amides is 1. The molecule has 1 aliphatic heterocycles. The summed E-state index contributed by atoms with van der Waals surface area (Å²) in [5, 5.41) is 2.47. The summed E-state index contributed by atoms with van der Waals surface area (Å²) in [6.45, 7) is 6.24. The zero-order valence-corrected chi connectivity index (χ0v) is 19.9. The van der Waals surface area contributed by atoms with Crippen molar-refractivity contribution in [3.8, 4) is 16.9 Å². The third-order valence-corrected chi connectivity index (χ3v) is 6.97. The van der Waals surface area contributed by atoms with Crippen LogP contribution in [0.5, 0.6) is 5.75 Å². The lowest BCUT2D eigenvalue weighted by atomic mass is 9.99. The molecule has 172 valence electrons. The van der Waals surface area contributed by atoms with Gasteiger partial charge in [0, 0.05) is 23.1 Å². The minimum Gasteiger partial charge on any atom is -0.482 e. The minimum absolute atomic E-state index is 0.0152. The summed E-state index contributed by atoms with van der Waals surface area (Å²) < 4.78 is 6.84. The van der Waals surface area contributed by atoms with Crippen LogP contribution in [-0.4, -0.2) is 34.4 Å². The van der Waals surface area contributed by atoms with Crippen LogP contribution in [-0.2, 0) is 11.3 Å². The van der Waals surface area contributed by atoms with Gasteiger partial charge in [-0.1, -0.05) is 23.8 Å². The van der Waals surface area contributed by atoms with Crippen LogP contribution in [0.1, 0.15) is 28.4 Å². The first kappa shape index (κ1) is 22.0. The molecular formula is C26H23N3O4S. The van der Waals surface area contributed by atoms with Gasteiger partial charge in [-0.05, 0) is 50.1 Å². The Morgan fingerprint density at radius 3 is 2.71 bits per heavy atom.